The number of aryl methyl sites for hydroxylation is 1. The van der Waals surface area contributed by atoms with E-state index in [0.717, 1.165) is 30.6 Å². The first kappa shape index (κ1) is 15.7. The van der Waals surface area contributed by atoms with Crippen molar-refractivity contribution in [3.63, 3.8) is 0 Å². The molecule has 0 atom stereocenters. The highest BCUT2D eigenvalue weighted by Gasteiger charge is 2.23. The van der Waals surface area contributed by atoms with E-state index in [4.69, 9.17) is 4.42 Å². The van der Waals surface area contributed by atoms with Gasteiger partial charge >= 0.3 is 0 Å². The van der Waals surface area contributed by atoms with Gasteiger partial charge in [0.25, 0.3) is 0 Å². The van der Waals surface area contributed by atoms with Crippen LogP contribution in [0.25, 0.3) is 10.6 Å². The molecule has 1 fully saturated rings. The minimum Gasteiger partial charge on any atom is -0.440 e. The molecule has 0 aliphatic heterocycles. The maximum absolute atomic E-state index is 12.5. The monoisotopic (exact) mass is 340 g/mol. The summed E-state index contributed by atoms with van der Waals surface area (Å²) in [5.41, 5.74) is 0. The van der Waals surface area contributed by atoms with Crippen LogP contribution in [0.4, 0.5) is 0 Å². The summed E-state index contributed by atoms with van der Waals surface area (Å²) in [4.78, 5) is 4.82. The van der Waals surface area contributed by atoms with Gasteiger partial charge < -0.3 is 4.42 Å². The predicted octanol–water partition coefficient (Wildman–Crippen LogP) is 3.71. The van der Waals surface area contributed by atoms with Crippen molar-refractivity contribution in [3.05, 3.63) is 24.2 Å². The summed E-state index contributed by atoms with van der Waals surface area (Å²) in [5.74, 6) is 1.18. The van der Waals surface area contributed by atoms with E-state index >= 15 is 0 Å². The number of sulfonamides is 1. The quantitative estimate of drug-likeness (QED) is 0.861. The summed E-state index contributed by atoms with van der Waals surface area (Å²) in [5, 5.41) is 0. The molecular weight excluding hydrogens is 320 g/mol. The van der Waals surface area contributed by atoms with E-state index in [0.29, 0.717) is 15.9 Å². The number of hydrogen-bond acceptors (Lipinski definition) is 5. The second kappa shape index (κ2) is 6.52. The first-order valence-electron chi connectivity index (χ1n) is 7.59. The van der Waals surface area contributed by atoms with E-state index in [1.807, 2.05) is 0 Å². The highest BCUT2D eigenvalue weighted by molar-refractivity contribution is 7.91. The molecule has 0 amide bonds. The van der Waals surface area contributed by atoms with Gasteiger partial charge in [0.2, 0.25) is 10.0 Å². The third-order valence-electron chi connectivity index (χ3n) is 3.89. The molecule has 2 heterocycles. The number of rotatable bonds is 4. The number of oxazole rings is 1. The first-order chi connectivity index (χ1) is 10.5. The van der Waals surface area contributed by atoms with E-state index in [1.54, 1.807) is 25.3 Å². The Labute approximate surface area is 134 Å². The van der Waals surface area contributed by atoms with Crippen molar-refractivity contribution in [3.8, 4) is 10.6 Å². The van der Waals surface area contributed by atoms with Gasteiger partial charge in [-0.3, -0.25) is 0 Å². The number of hydrogen-bond donors (Lipinski definition) is 1. The lowest BCUT2D eigenvalue weighted by Gasteiger charge is -2.15. The summed E-state index contributed by atoms with van der Waals surface area (Å²) in [6, 6.07) is 3.47. The van der Waals surface area contributed by atoms with Crippen molar-refractivity contribution < 1.29 is 12.8 Å². The van der Waals surface area contributed by atoms with Gasteiger partial charge in [-0.05, 0) is 25.0 Å². The van der Waals surface area contributed by atoms with E-state index in [9.17, 15) is 8.42 Å². The summed E-state index contributed by atoms with van der Waals surface area (Å²) < 4.78 is 33.7. The zero-order chi connectivity index (χ0) is 15.6. The first-order valence-corrected chi connectivity index (χ1v) is 9.89. The maximum Gasteiger partial charge on any atom is 0.250 e. The van der Waals surface area contributed by atoms with Crippen LogP contribution >= 0.6 is 11.3 Å². The summed E-state index contributed by atoms with van der Waals surface area (Å²) in [6.45, 7) is 1.77. The van der Waals surface area contributed by atoms with E-state index < -0.39 is 10.0 Å². The Morgan fingerprint density at radius 2 is 1.95 bits per heavy atom. The fourth-order valence-electron chi connectivity index (χ4n) is 2.75. The van der Waals surface area contributed by atoms with Crippen molar-refractivity contribution in [2.45, 2.75) is 55.7 Å². The molecule has 7 heteroatoms. The molecule has 1 N–H and O–H groups in total. The van der Waals surface area contributed by atoms with E-state index in [2.05, 4.69) is 9.71 Å². The van der Waals surface area contributed by atoms with Gasteiger partial charge in [-0.2, -0.15) is 0 Å². The fourth-order valence-corrected chi connectivity index (χ4v) is 5.32. The van der Waals surface area contributed by atoms with Crippen LogP contribution in [0, 0.1) is 6.92 Å². The average Bonchev–Trinajstić information content (AvgIpc) is 3.04. The summed E-state index contributed by atoms with van der Waals surface area (Å²) in [7, 11) is -3.45. The van der Waals surface area contributed by atoms with Crippen LogP contribution in [-0.2, 0) is 10.0 Å². The van der Waals surface area contributed by atoms with Crippen molar-refractivity contribution in [2.24, 2.45) is 0 Å². The number of aromatic nitrogens is 1. The number of nitrogens with one attached hydrogen (secondary N) is 1. The van der Waals surface area contributed by atoms with Crippen LogP contribution in [0.1, 0.15) is 44.4 Å². The second-order valence-electron chi connectivity index (χ2n) is 5.67. The maximum atomic E-state index is 12.5. The lowest BCUT2D eigenvalue weighted by Crippen LogP contribution is -2.33. The van der Waals surface area contributed by atoms with Crippen LogP contribution < -0.4 is 4.72 Å². The van der Waals surface area contributed by atoms with Gasteiger partial charge in [0.15, 0.2) is 11.7 Å². The molecule has 1 aliphatic rings. The van der Waals surface area contributed by atoms with Crippen LogP contribution in [-0.4, -0.2) is 19.4 Å². The zero-order valence-electron chi connectivity index (χ0n) is 12.5. The van der Waals surface area contributed by atoms with Crippen molar-refractivity contribution >= 4 is 21.4 Å². The van der Waals surface area contributed by atoms with Gasteiger partial charge in [-0.1, -0.05) is 25.7 Å². The lowest BCUT2D eigenvalue weighted by atomic mass is 10.1. The second-order valence-corrected chi connectivity index (χ2v) is 8.70. The van der Waals surface area contributed by atoms with Gasteiger partial charge in [0.1, 0.15) is 4.21 Å². The Hall–Kier alpha value is -1.18. The smallest absolute Gasteiger partial charge is 0.250 e. The highest BCUT2D eigenvalue weighted by atomic mass is 32.2. The summed E-state index contributed by atoms with van der Waals surface area (Å²) >= 11 is 1.22. The molecule has 2 aromatic heterocycles. The average molecular weight is 340 g/mol. The SMILES string of the molecule is Cc1ncc(-c2ccc(S(=O)(=O)NC3CCCCCC3)s2)o1. The fraction of sp³-hybridized carbons (Fsp3) is 0.533. The molecule has 0 spiro atoms. The molecule has 0 unspecified atom stereocenters. The minimum absolute atomic E-state index is 0.0607. The summed E-state index contributed by atoms with van der Waals surface area (Å²) in [6.07, 6.45) is 8.08. The van der Waals surface area contributed by atoms with Gasteiger partial charge in [0.05, 0.1) is 11.1 Å². The molecular formula is C15H20N2O3S2. The Bertz CT molecular complexity index is 726. The minimum atomic E-state index is -3.45. The third-order valence-corrected chi connectivity index (χ3v) is 7.00. The zero-order valence-corrected chi connectivity index (χ0v) is 14.2. The molecule has 1 saturated carbocycles. The molecule has 2 aromatic rings. The normalized spacial score (nSPS) is 17.5. The topological polar surface area (TPSA) is 72.2 Å². The molecule has 120 valence electrons. The molecule has 5 nitrogen and oxygen atoms in total. The Balaban J connectivity index is 1.76. The molecule has 1 aliphatic carbocycles. The van der Waals surface area contributed by atoms with Crippen molar-refractivity contribution in [1.82, 2.24) is 9.71 Å². The largest absolute Gasteiger partial charge is 0.440 e. The van der Waals surface area contributed by atoms with Crippen LogP contribution in [0.15, 0.2) is 27.0 Å². The molecule has 0 radical (unpaired) electrons. The molecule has 0 bridgehead atoms. The molecule has 3 rings (SSSR count). The van der Waals surface area contributed by atoms with Crippen LogP contribution in [0.5, 0.6) is 0 Å². The standard InChI is InChI=1S/C15H20N2O3S2/c1-11-16-10-13(20-11)14-8-9-15(21-14)22(18,19)17-12-6-4-2-3-5-7-12/h8-10,12,17H,2-7H2,1H3. The van der Waals surface area contributed by atoms with E-state index in [-0.39, 0.29) is 6.04 Å². The van der Waals surface area contributed by atoms with E-state index in [1.165, 1.54) is 24.2 Å². The highest BCUT2D eigenvalue weighted by Crippen LogP contribution is 2.31. The Morgan fingerprint density at radius 3 is 2.59 bits per heavy atom. The molecule has 0 aromatic carbocycles. The van der Waals surface area contributed by atoms with Gasteiger partial charge in [-0.25, -0.2) is 18.1 Å². The van der Waals surface area contributed by atoms with Crippen molar-refractivity contribution in [2.75, 3.05) is 0 Å². The predicted molar refractivity (Wildman–Crippen MR) is 86.4 cm³/mol. The van der Waals surface area contributed by atoms with Crippen molar-refractivity contribution in [1.29, 1.82) is 0 Å². The van der Waals surface area contributed by atoms with Crippen LogP contribution in [0.3, 0.4) is 0 Å². The Kier molecular flexibility index (Phi) is 4.65. The third kappa shape index (κ3) is 3.59. The van der Waals surface area contributed by atoms with Gasteiger partial charge in [0, 0.05) is 13.0 Å². The number of thiophene rings is 1. The van der Waals surface area contributed by atoms with Crippen LogP contribution in [0.2, 0.25) is 0 Å². The Morgan fingerprint density at radius 1 is 1.23 bits per heavy atom. The number of nitrogens with zero attached hydrogens (tertiary/aromatic N) is 1. The molecule has 0 saturated heterocycles. The lowest BCUT2D eigenvalue weighted by molar-refractivity contribution is 0.511. The van der Waals surface area contributed by atoms with Gasteiger partial charge in [-0.15, -0.1) is 11.3 Å². The molecule has 22 heavy (non-hydrogen) atoms.